The molecular weight excluding hydrogens is 318 g/mol. The summed E-state index contributed by atoms with van der Waals surface area (Å²) in [6.45, 7) is 5.67. The number of rotatable bonds is 3. The molecule has 1 saturated heterocycles. The molecule has 0 unspecified atom stereocenters. The Hall–Kier alpha value is -2.27. The maximum absolute atomic E-state index is 9.62. The van der Waals surface area contributed by atoms with Crippen LogP contribution in [-0.2, 0) is 0 Å². The molecule has 0 aromatic heterocycles. The van der Waals surface area contributed by atoms with E-state index in [0.717, 1.165) is 37.0 Å². The van der Waals surface area contributed by atoms with Crippen molar-refractivity contribution < 1.29 is 5.11 Å². The Morgan fingerprint density at radius 2 is 1.75 bits per heavy atom. The number of benzene rings is 2. The molecular formula is C19H23N3OS. The van der Waals surface area contributed by atoms with Gasteiger partial charge in [0.25, 0.3) is 0 Å². The van der Waals surface area contributed by atoms with Gasteiger partial charge in [-0.3, -0.25) is 0 Å². The Labute approximate surface area is 148 Å². The number of thiocarbonyl (C=S) groups is 1. The zero-order chi connectivity index (χ0) is 16.9. The zero-order valence-electron chi connectivity index (χ0n) is 13.9. The van der Waals surface area contributed by atoms with Crippen molar-refractivity contribution in [2.75, 3.05) is 31.1 Å². The van der Waals surface area contributed by atoms with Crippen LogP contribution in [0.2, 0.25) is 0 Å². The molecule has 1 atom stereocenters. The monoisotopic (exact) mass is 341 g/mol. The number of hydrogen-bond acceptors (Lipinski definition) is 3. The predicted octanol–water partition coefficient (Wildman–Crippen LogP) is 3.15. The first kappa shape index (κ1) is 16.6. The van der Waals surface area contributed by atoms with Crippen LogP contribution in [0.15, 0.2) is 54.6 Å². The van der Waals surface area contributed by atoms with Crippen molar-refractivity contribution in [1.82, 2.24) is 10.2 Å². The summed E-state index contributed by atoms with van der Waals surface area (Å²) in [7, 11) is 0. The van der Waals surface area contributed by atoms with E-state index in [1.54, 1.807) is 6.07 Å². The second-order valence-corrected chi connectivity index (χ2v) is 6.46. The van der Waals surface area contributed by atoms with Crippen LogP contribution in [0.1, 0.15) is 18.5 Å². The fraction of sp³-hybridized carbons (Fsp3) is 0.316. The van der Waals surface area contributed by atoms with Gasteiger partial charge in [-0.1, -0.05) is 36.4 Å². The van der Waals surface area contributed by atoms with Gasteiger partial charge in [0, 0.05) is 37.9 Å². The topological polar surface area (TPSA) is 38.7 Å². The standard InChI is InChI=1S/C19H23N3OS/c1-15(16-6-3-2-4-7-16)20-19(24)22-12-10-21(11-13-22)17-8-5-9-18(23)14-17/h2-9,14-15,23H,10-13H2,1H3,(H,20,24)/t15-/m1/s1. The summed E-state index contributed by atoms with van der Waals surface area (Å²) in [5, 5.41) is 13.9. The minimum Gasteiger partial charge on any atom is -0.508 e. The van der Waals surface area contributed by atoms with E-state index < -0.39 is 0 Å². The Bertz CT molecular complexity index is 684. The fourth-order valence-corrected chi connectivity index (χ4v) is 3.32. The SMILES string of the molecule is C[C@@H](NC(=S)N1CCN(c2cccc(O)c2)CC1)c1ccccc1. The number of anilines is 1. The molecule has 0 spiro atoms. The minimum atomic E-state index is 0.197. The predicted molar refractivity (Wildman–Crippen MR) is 102 cm³/mol. The minimum absolute atomic E-state index is 0.197. The highest BCUT2D eigenvalue weighted by molar-refractivity contribution is 7.80. The second kappa shape index (κ2) is 7.53. The average molecular weight is 341 g/mol. The summed E-state index contributed by atoms with van der Waals surface area (Å²) in [6, 6.07) is 18.0. The van der Waals surface area contributed by atoms with Crippen molar-refractivity contribution in [1.29, 1.82) is 0 Å². The van der Waals surface area contributed by atoms with Gasteiger partial charge in [0.05, 0.1) is 6.04 Å². The number of piperazine rings is 1. The molecule has 1 aliphatic rings. The normalized spacial score (nSPS) is 15.9. The third-order valence-electron chi connectivity index (χ3n) is 4.40. The van der Waals surface area contributed by atoms with Gasteiger partial charge in [-0.2, -0.15) is 0 Å². The van der Waals surface area contributed by atoms with Crippen LogP contribution >= 0.6 is 12.2 Å². The molecule has 0 bridgehead atoms. The van der Waals surface area contributed by atoms with E-state index in [-0.39, 0.29) is 6.04 Å². The highest BCUT2D eigenvalue weighted by Gasteiger charge is 2.20. The van der Waals surface area contributed by atoms with Gasteiger partial charge in [0.2, 0.25) is 0 Å². The number of nitrogens with zero attached hydrogens (tertiary/aromatic N) is 2. The van der Waals surface area contributed by atoms with E-state index in [4.69, 9.17) is 12.2 Å². The second-order valence-electron chi connectivity index (χ2n) is 6.08. The van der Waals surface area contributed by atoms with Crippen molar-refractivity contribution in [3.05, 3.63) is 60.2 Å². The molecule has 5 heteroatoms. The number of hydrogen-bond donors (Lipinski definition) is 2. The van der Waals surface area contributed by atoms with Crippen molar-refractivity contribution >= 4 is 23.0 Å². The Balaban J connectivity index is 1.53. The smallest absolute Gasteiger partial charge is 0.169 e. The summed E-state index contributed by atoms with van der Waals surface area (Å²) in [4.78, 5) is 4.49. The van der Waals surface area contributed by atoms with Gasteiger partial charge < -0.3 is 20.2 Å². The molecule has 2 N–H and O–H groups in total. The number of phenolic OH excluding ortho intramolecular Hbond substituents is 1. The van der Waals surface area contributed by atoms with E-state index in [1.807, 2.05) is 36.4 Å². The Kier molecular flexibility index (Phi) is 5.20. The molecule has 0 amide bonds. The summed E-state index contributed by atoms with van der Waals surface area (Å²) < 4.78 is 0. The van der Waals surface area contributed by atoms with Gasteiger partial charge in [-0.15, -0.1) is 0 Å². The largest absolute Gasteiger partial charge is 0.508 e. The first-order valence-electron chi connectivity index (χ1n) is 8.28. The first-order valence-corrected chi connectivity index (χ1v) is 8.68. The quantitative estimate of drug-likeness (QED) is 0.839. The number of aromatic hydroxyl groups is 1. The lowest BCUT2D eigenvalue weighted by Crippen LogP contribution is -2.52. The molecule has 1 heterocycles. The lowest BCUT2D eigenvalue weighted by atomic mass is 10.1. The molecule has 0 aliphatic carbocycles. The number of phenols is 1. The maximum Gasteiger partial charge on any atom is 0.169 e. The van der Waals surface area contributed by atoms with Gasteiger partial charge in [-0.05, 0) is 36.8 Å². The van der Waals surface area contributed by atoms with Crippen LogP contribution in [-0.4, -0.2) is 41.3 Å². The molecule has 126 valence electrons. The van der Waals surface area contributed by atoms with Crippen LogP contribution < -0.4 is 10.2 Å². The molecule has 1 fully saturated rings. The summed E-state index contributed by atoms with van der Waals surface area (Å²) in [6.07, 6.45) is 0. The maximum atomic E-state index is 9.62. The molecule has 1 aliphatic heterocycles. The van der Waals surface area contributed by atoms with Crippen molar-refractivity contribution in [3.8, 4) is 5.75 Å². The molecule has 2 aromatic rings. The Morgan fingerprint density at radius 3 is 2.42 bits per heavy atom. The van der Waals surface area contributed by atoms with Crippen LogP contribution in [0, 0.1) is 0 Å². The van der Waals surface area contributed by atoms with Gasteiger partial charge in [0.15, 0.2) is 5.11 Å². The zero-order valence-corrected chi connectivity index (χ0v) is 14.7. The Morgan fingerprint density at radius 1 is 1.04 bits per heavy atom. The third kappa shape index (κ3) is 3.97. The molecule has 2 aromatic carbocycles. The molecule has 3 rings (SSSR count). The fourth-order valence-electron chi connectivity index (χ4n) is 2.96. The highest BCUT2D eigenvalue weighted by atomic mass is 32.1. The van der Waals surface area contributed by atoms with E-state index in [1.165, 1.54) is 5.56 Å². The van der Waals surface area contributed by atoms with Gasteiger partial charge in [-0.25, -0.2) is 0 Å². The van der Waals surface area contributed by atoms with E-state index in [2.05, 4.69) is 34.2 Å². The van der Waals surface area contributed by atoms with Gasteiger partial charge >= 0.3 is 0 Å². The molecule has 24 heavy (non-hydrogen) atoms. The lowest BCUT2D eigenvalue weighted by Gasteiger charge is -2.38. The van der Waals surface area contributed by atoms with Gasteiger partial charge in [0.1, 0.15) is 5.75 Å². The summed E-state index contributed by atoms with van der Waals surface area (Å²) >= 11 is 5.58. The molecule has 0 radical (unpaired) electrons. The van der Waals surface area contributed by atoms with Crippen molar-refractivity contribution in [2.45, 2.75) is 13.0 Å². The van der Waals surface area contributed by atoms with Crippen LogP contribution in [0.25, 0.3) is 0 Å². The lowest BCUT2D eigenvalue weighted by molar-refractivity contribution is 0.376. The number of nitrogens with one attached hydrogen (secondary N) is 1. The van der Waals surface area contributed by atoms with E-state index in [0.29, 0.717) is 5.75 Å². The summed E-state index contributed by atoms with van der Waals surface area (Å²) in [5.74, 6) is 0.309. The summed E-state index contributed by atoms with van der Waals surface area (Å²) in [5.41, 5.74) is 2.30. The van der Waals surface area contributed by atoms with Crippen molar-refractivity contribution in [2.24, 2.45) is 0 Å². The van der Waals surface area contributed by atoms with Crippen LogP contribution in [0.4, 0.5) is 5.69 Å². The average Bonchev–Trinajstić information content (AvgIpc) is 2.62. The van der Waals surface area contributed by atoms with Crippen LogP contribution in [0.5, 0.6) is 5.75 Å². The van der Waals surface area contributed by atoms with Crippen LogP contribution in [0.3, 0.4) is 0 Å². The third-order valence-corrected chi connectivity index (χ3v) is 4.78. The van der Waals surface area contributed by atoms with E-state index in [9.17, 15) is 5.11 Å². The van der Waals surface area contributed by atoms with Crippen molar-refractivity contribution in [3.63, 3.8) is 0 Å². The molecule has 0 saturated carbocycles. The molecule has 4 nitrogen and oxygen atoms in total. The van der Waals surface area contributed by atoms with E-state index >= 15 is 0 Å². The first-order chi connectivity index (χ1) is 11.6. The highest BCUT2D eigenvalue weighted by Crippen LogP contribution is 2.21.